The fourth-order valence-electron chi connectivity index (χ4n) is 2.55. The molecule has 8 heteroatoms. The monoisotopic (exact) mass is 359 g/mol. The molecular weight excluding hydrogens is 342 g/mol. The molecule has 0 spiro atoms. The second kappa shape index (κ2) is 7.31. The minimum absolute atomic E-state index is 0.00716. The van der Waals surface area contributed by atoms with E-state index in [1.807, 2.05) is 0 Å². The molecule has 1 aromatic rings. The smallest absolute Gasteiger partial charge is 0.325 e. The molecule has 126 valence electrons. The SMILES string of the molecule is COC(=O)CN(C(=O)Cc1ccccc1Cl)[C@H]1CCS(=O)(=O)C1. The zero-order valence-electron chi connectivity index (χ0n) is 12.7. The fourth-order valence-corrected chi connectivity index (χ4v) is 4.49. The number of benzene rings is 1. The number of carbonyl (C=O) groups is 2. The molecule has 1 saturated heterocycles. The van der Waals surface area contributed by atoms with Gasteiger partial charge in [-0.05, 0) is 18.1 Å². The zero-order valence-corrected chi connectivity index (χ0v) is 14.3. The van der Waals surface area contributed by atoms with E-state index >= 15 is 0 Å². The number of hydrogen-bond donors (Lipinski definition) is 0. The normalized spacial score (nSPS) is 19.3. The molecule has 6 nitrogen and oxygen atoms in total. The molecule has 0 saturated carbocycles. The summed E-state index contributed by atoms with van der Waals surface area (Å²) >= 11 is 6.05. The van der Waals surface area contributed by atoms with Gasteiger partial charge in [-0.3, -0.25) is 9.59 Å². The summed E-state index contributed by atoms with van der Waals surface area (Å²) in [5.41, 5.74) is 0.634. The highest BCUT2D eigenvalue weighted by Crippen LogP contribution is 2.21. The van der Waals surface area contributed by atoms with Gasteiger partial charge in [0.1, 0.15) is 6.54 Å². The van der Waals surface area contributed by atoms with Crippen LogP contribution in [0.3, 0.4) is 0 Å². The Bertz CT molecular complexity index is 704. The lowest BCUT2D eigenvalue weighted by Gasteiger charge is -2.27. The van der Waals surface area contributed by atoms with Gasteiger partial charge in [0, 0.05) is 11.1 Å². The number of amides is 1. The van der Waals surface area contributed by atoms with Crippen molar-refractivity contribution in [3.05, 3.63) is 34.9 Å². The van der Waals surface area contributed by atoms with Crippen LogP contribution in [0.2, 0.25) is 5.02 Å². The quantitative estimate of drug-likeness (QED) is 0.735. The molecule has 1 atom stereocenters. The molecule has 0 aliphatic carbocycles. The molecule has 0 bridgehead atoms. The van der Waals surface area contributed by atoms with Crippen LogP contribution in [0.5, 0.6) is 0 Å². The van der Waals surface area contributed by atoms with E-state index in [1.165, 1.54) is 12.0 Å². The first kappa shape index (κ1) is 17.7. The van der Waals surface area contributed by atoms with Gasteiger partial charge in [0.2, 0.25) is 5.91 Å². The Balaban J connectivity index is 2.17. The lowest BCUT2D eigenvalue weighted by molar-refractivity contribution is -0.148. The third-order valence-corrected chi connectivity index (χ3v) is 5.92. The van der Waals surface area contributed by atoms with Crippen molar-refractivity contribution in [1.82, 2.24) is 4.90 Å². The van der Waals surface area contributed by atoms with E-state index in [-0.39, 0.29) is 30.4 Å². The number of ether oxygens (including phenoxy) is 1. The van der Waals surface area contributed by atoms with Crippen molar-refractivity contribution >= 4 is 33.3 Å². The van der Waals surface area contributed by atoms with E-state index in [1.54, 1.807) is 24.3 Å². The van der Waals surface area contributed by atoms with E-state index in [0.717, 1.165) is 0 Å². The Hall–Kier alpha value is -1.60. The first-order chi connectivity index (χ1) is 10.8. The topological polar surface area (TPSA) is 80.8 Å². The summed E-state index contributed by atoms with van der Waals surface area (Å²) in [6.07, 6.45) is 0.334. The van der Waals surface area contributed by atoms with Gasteiger partial charge < -0.3 is 9.64 Å². The van der Waals surface area contributed by atoms with Crippen molar-refractivity contribution in [3.63, 3.8) is 0 Å². The summed E-state index contributed by atoms with van der Waals surface area (Å²) in [5.74, 6) is -1.03. The predicted octanol–water partition coefficient (Wildman–Crippen LogP) is 1.07. The van der Waals surface area contributed by atoms with Crippen molar-refractivity contribution in [2.24, 2.45) is 0 Å². The first-order valence-electron chi connectivity index (χ1n) is 7.12. The number of esters is 1. The Morgan fingerprint density at radius 2 is 2.04 bits per heavy atom. The number of methoxy groups -OCH3 is 1. The third-order valence-electron chi connectivity index (χ3n) is 3.80. The predicted molar refractivity (Wildman–Crippen MR) is 85.9 cm³/mol. The number of halogens is 1. The van der Waals surface area contributed by atoms with Gasteiger partial charge in [-0.25, -0.2) is 8.42 Å². The highest BCUT2D eigenvalue weighted by atomic mass is 35.5. The van der Waals surface area contributed by atoms with Crippen LogP contribution in [0, 0.1) is 0 Å². The largest absolute Gasteiger partial charge is 0.468 e. The summed E-state index contributed by atoms with van der Waals surface area (Å²) in [5, 5.41) is 0.456. The third kappa shape index (κ3) is 4.68. The molecular formula is C15H18ClNO5S. The van der Waals surface area contributed by atoms with E-state index in [4.69, 9.17) is 11.6 Å². The molecule has 1 fully saturated rings. The maximum atomic E-state index is 12.6. The maximum absolute atomic E-state index is 12.6. The van der Waals surface area contributed by atoms with E-state index in [9.17, 15) is 18.0 Å². The lowest BCUT2D eigenvalue weighted by atomic mass is 10.1. The van der Waals surface area contributed by atoms with Crippen LogP contribution in [0.25, 0.3) is 0 Å². The number of rotatable bonds is 5. The number of nitrogens with zero attached hydrogens (tertiary/aromatic N) is 1. The van der Waals surface area contributed by atoms with Crippen LogP contribution < -0.4 is 0 Å². The summed E-state index contributed by atoms with van der Waals surface area (Å²) < 4.78 is 27.9. The molecule has 1 amide bonds. The average Bonchev–Trinajstić information content (AvgIpc) is 2.86. The van der Waals surface area contributed by atoms with Crippen LogP contribution in [-0.2, 0) is 30.6 Å². The molecule has 0 N–H and O–H groups in total. The lowest BCUT2D eigenvalue weighted by Crippen LogP contribution is -2.45. The van der Waals surface area contributed by atoms with Crippen molar-refractivity contribution in [3.8, 4) is 0 Å². The zero-order chi connectivity index (χ0) is 17.0. The van der Waals surface area contributed by atoms with Gasteiger partial charge in [-0.2, -0.15) is 0 Å². The molecule has 1 heterocycles. The minimum atomic E-state index is -3.17. The van der Waals surface area contributed by atoms with Crippen molar-refractivity contribution in [1.29, 1.82) is 0 Å². The minimum Gasteiger partial charge on any atom is -0.468 e. The molecule has 0 aromatic heterocycles. The number of carbonyl (C=O) groups excluding carboxylic acids is 2. The Kier molecular flexibility index (Phi) is 5.64. The van der Waals surface area contributed by atoms with E-state index < -0.39 is 21.8 Å². The average molecular weight is 360 g/mol. The van der Waals surface area contributed by atoms with E-state index in [2.05, 4.69) is 4.74 Å². The molecule has 2 rings (SSSR count). The Morgan fingerprint density at radius 1 is 1.35 bits per heavy atom. The van der Waals surface area contributed by atoms with Crippen LogP contribution in [0.1, 0.15) is 12.0 Å². The first-order valence-corrected chi connectivity index (χ1v) is 9.32. The number of hydrogen-bond acceptors (Lipinski definition) is 5. The van der Waals surface area contributed by atoms with E-state index in [0.29, 0.717) is 17.0 Å². The highest BCUT2D eigenvalue weighted by molar-refractivity contribution is 7.91. The summed E-state index contributed by atoms with van der Waals surface area (Å²) in [4.78, 5) is 25.4. The molecule has 1 aliphatic heterocycles. The standard InChI is InChI=1S/C15H18ClNO5S/c1-22-15(19)9-17(12-6-7-23(20,21)10-12)14(18)8-11-4-2-3-5-13(11)16/h2-5,12H,6-10H2,1H3/t12-/m0/s1. The summed E-state index contributed by atoms with van der Waals surface area (Å²) in [6, 6.07) is 6.41. The molecule has 1 aromatic carbocycles. The van der Waals surface area contributed by atoms with Gasteiger partial charge in [-0.15, -0.1) is 0 Å². The van der Waals surface area contributed by atoms with Crippen molar-refractivity contribution in [2.75, 3.05) is 25.2 Å². The molecule has 23 heavy (non-hydrogen) atoms. The molecule has 0 radical (unpaired) electrons. The van der Waals surface area contributed by atoms with Crippen LogP contribution in [0.4, 0.5) is 0 Å². The fraction of sp³-hybridized carbons (Fsp3) is 0.467. The maximum Gasteiger partial charge on any atom is 0.325 e. The van der Waals surface area contributed by atoms with Gasteiger partial charge in [-0.1, -0.05) is 29.8 Å². The second-order valence-corrected chi connectivity index (χ2v) is 8.06. The summed E-state index contributed by atoms with van der Waals surface area (Å²) in [6.45, 7) is -0.264. The molecule has 1 aliphatic rings. The van der Waals surface area contributed by atoms with Gasteiger partial charge in [0.05, 0.1) is 25.0 Å². The summed E-state index contributed by atoms with van der Waals surface area (Å²) in [7, 11) is -1.94. The van der Waals surface area contributed by atoms with Crippen molar-refractivity contribution < 1.29 is 22.7 Å². The second-order valence-electron chi connectivity index (χ2n) is 5.42. The van der Waals surface area contributed by atoms with Crippen LogP contribution in [-0.4, -0.2) is 56.4 Å². The Morgan fingerprint density at radius 3 is 2.61 bits per heavy atom. The number of sulfone groups is 1. The van der Waals surface area contributed by atoms with Crippen LogP contribution >= 0.6 is 11.6 Å². The van der Waals surface area contributed by atoms with Crippen molar-refractivity contribution in [2.45, 2.75) is 18.9 Å². The van der Waals surface area contributed by atoms with Crippen LogP contribution in [0.15, 0.2) is 24.3 Å². The van der Waals surface area contributed by atoms with Gasteiger partial charge in [0.15, 0.2) is 9.84 Å². The molecule has 0 unspecified atom stereocenters. The highest BCUT2D eigenvalue weighted by Gasteiger charge is 2.35. The Labute approximate surface area is 140 Å². The van der Waals surface area contributed by atoms with Gasteiger partial charge >= 0.3 is 5.97 Å². The van der Waals surface area contributed by atoms with Gasteiger partial charge in [0.25, 0.3) is 0 Å².